The molecule has 15 heteroatoms. The number of amides is 2. The van der Waals surface area contributed by atoms with Gasteiger partial charge >= 0.3 is 18.1 Å². The van der Waals surface area contributed by atoms with Crippen LogP contribution in [0.5, 0.6) is 5.75 Å². The zero-order chi connectivity index (χ0) is 23.9. The Bertz CT molecular complexity index is 955. The monoisotopic (exact) mass is 502 g/mol. The summed E-state index contributed by atoms with van der Waals surface area (Å²) < 4.78 is 86.9. The SMILES string of the molecule is CCOCCOc1ccc(NC(=O)Nc2nnc(C(F)(F)C(F)(F)F)s2)c(S(=O)CC)c1. The number of nitrogens with zero attached hydrogens (tertiary/aromatic N) is 2. The van der Waals surface area contributed by atoms with E-state index in [0.717, 1.165) is 0 Å². The fourth-order valence-electron chi connectivity index (χ4n) is 2.17. The van der Waals surface area contributed by atoms with Gasteiger partial charge in [0.05, 0.1) is 28.0 Å². The maximum Gasteiger partial charge on any atom is 0.460 e. The number of urea groups is 1. The second-order valence-corrected chi connectivity index (χ2v) is 8.59. The number of aromatic nitrogens is 2. The normalized spacial score (nSPS) is 13.0. The predicted molar refractivity (Wildman–Crippen MR) is 108 cm³/mol. The molecule has 0 aliphatic rings. The number of hydrogen-bond donors (Lipinski definition) is 2. The van der Waals surface area contributed by atoms with Crippen molar-refractivity contribution in [1.29, 1.82) is 0 Å². The van der Waals surface area contributed by atoms with E-state index in [-0.39, 0.29) is 34.3 Å². The first-order chi connectivity index (χ1) is 15.0. The Kier molecular flexibility index (Phi) is 8.86. The first-order valence-electron chi connectivity index (χ1n) is 9.09. The highest BCUT2D eigenvalue weighted by Gasteiger charge is 2.61. The maximum absolute atomic E-state index is 13.3. The molecular formula is C17H19F5N4O4S2. The first kappa shape index (κ1) is 25.9. The van der Waals surface area contributed by atoms with Gasteiger partial charge in [0.25, 0.3) is 0 Å². The Morgan fingerprint density at radius 1 is 1.12 bits per heavy atom. The lowest BCUT2D eigenvalue weighted by atomic mass is 10.3. The van der Waals surface area contributed by atoms with Crippen LogP contribution in [0.15, 0.2) is 23.1 Å². The number of rotatable bonds is 10. The molecule has 0 radical (unpaired) electrons. The summed E-state index contributed by atoms with van der Waals surface area (Å²) in [5.41, 5.74) is 0.130. The molecule has 2 rings (SSSR count). The number of carbonyl (C=O) groups is 1. The molecule has 32 heavy (non-hydrogen) atoms. The van der Waals surface area contributed by atoms with Crippen molar-refractivity contribution >= 4 is 39.0 Å². The Balaban J connectivity index is 2.11. The number of carbonyl (C=O) groups excluding carboxylic acids is 1. The van der Waals surface area contributed by atoms with Crippen molar-refractivity contribution in [1.82, 2.24) is 10.2 Å². The first-order valence-corrected chi connectivity index (χ1v) is 11.2. The van der Waals surface area contributed by atoms with Crippen LogP contribution in [0.25, 0.3) is 0 Å². The average molecular weight is 502 g/mol. The average Bonchev–Trinajstić information content (AvgIpc) is 3.19. The lowest BCUT2D eigenvalue weighted by Crippen LogP contribution is -2.33. The zero-order valence-electron chi connectivity index (χ0n) is 16.8. The molecule has 1 unspecified atom stereocenters. The molecule has 1 heterocycles. The van der Waals surface area contributed by atoms with Crippen LogP contribution >= 0.6 is 11.3 Å². The quantitative estimate of drug-likeness (QED) is 0.369. The molecule has 1 atom stereocenters. The molecule has 0 fully saturated rings. The fourth-order valence-corrected chi connectivity index (χ4v) is 3.83. The third kappa shape index (κ3) is 6.56. The molecule has 2 amide bonds. The summed E-state index contributed by atoms with van der Waals surface area (Å²) in [7, 11) is -1.50. The Morgan fingerprint density at radius 3 is 2.47 bits per heavy atom. The minimum atomic E-state index is -5.85. The molecule has 0 aliphatic carbocycles. The van der Waals surface area contributed by atoms with Crippen LogP contribution in [0.2, 0.25) is 0 Å². The molecule has 1 aromatic carbocycles. The summed E-state index contributed by atoms with van der Waals surface area (Å²) in [4.78, 5) is 12.4. The number of alkyl halides is 5. The third-order valence-corrected chi connectivity index (χ3v) is 5.94. The van der Waals surface area contributed by atoms with Crippen molar-refractivity contribution in [3.63, 3.8) is 0 Å². The lowest BCUT2D eigenvalue weighted by molar-refractivity contribution is -0.289. The molecular weight excluding hydrogens is 483 g/mol. The summed E-state index contributed by atoms with van der Waals surface area (Å²) in [6.45, 7) is 4.62. The van der Waals surface area contributed by atoms with E-state index in [4.69, 9.17) is 9.47 Å². The molecule has 178 valence electrons. The van der Waals surface area contributed by atoms with Gasteiger partial charge in [0, 0.05) is 12.4 Å². The van der Waals surface area contributed by atoms with Gasteiger partial charge in [-0.1, -0.05) is 18.3 Å². The maximum atomic E-state index is 13.3. The molecule has 0 aliphatic heterocycles. The number of hydrogen-bond acceptors (Lipinski definition) is 7. The highest BCUT2D eigenvalue weighted by Crippen LogP contribution is 2.45. The number of benzene rings is 1. The zero-order valence-corrected chi connectivity index (χ0v) is 18.4. The third-order valence-electron chi connectivity index (χ3n) is 3.68. The van der Waals surface area contributed by atoms with Crippen LogP contribution in [0, 0.1) is 0 Å². The van der Waals surface area contributed by atoms with E-state index < -0.39 is 39.1 Å². The number of nitrogens with one attached hydrogen (secondary N) is 2. The van der Waals surface area contributed by atoms with Gasteiger partial charge in [-0.2, -0.15) is 22.0 Å². The molecule has 1 aromatic heterocycles. The summed E-state index contributed by atoms with van der Waals surface area (Å²) >= 11 is -0.120. The molecule has 8 nitrogen and oxygen atoms in total. The highest BCUT2D eigenvalue weighted by atomic mass is 32.2. The standard InChI is InChI=1S/C17H19F5N4O4S2/c1-3-29-7-8-30-10-5-6-11(12(9-10)32(28)4-2)23-14(27)24-15-26-25-13(31-15)16(18,19)17(20,21)22/h5-6,9H,3-4,7-8H2,1-2H3,(H2,23,24,26,27). The van der Waals surface area contributed by atoms with Crippen LogP contribution in [-0.4, -0.2) is 52.2 Å². The topological polar surface area (TPSA) is 102 Å². The molecule has 2 aromatic rings. The molecule has 0 bridgehead atoms. The van der Waals surface area contributed by atoms with E-state index in [1.54, 1.807) is 6.92 Å². The summed E-state index contributed by atoms with van der Waals surface area (Å²) in [6, 6.07) is 3.39. The summed E-state index contributed by atoms with van der Waals surface area (Å²) in [5, 5.41) is 8.15. The molecule has 0 saturated carbocycles. The fraction of sp³-hybridized carbons (Fsp3) is 0.471. The van der Waals surface area contributed by atoms with Gasteiger partial charge in [0.15, 0.2) is 5.01 Å². The number of ether oxygens (including phenoxy) is 2. The Morgan fingerprint density at radius 2 is 1.84 bits per heavy atom. The van der Waals surface area contributed by atoms with Gasteiger partial charge in [0.2, 0.25) is 5.13 Å². The summed E-state index contributed by atoms with van der Waals surface area (Å²) in [5.74, 6) is -4.59. The second-order valence-electron chi connectivity index (χ2n) is 5.90. The van der Waals surface area contributed by atoms with Crippen LogP contribution in [0.3, 0.4) is 0 Å². The largest absolute Gasteiger partial charge is 0.491 e. The lowest BCUT2D eigenvalue weighted by Gasteiger charge is -2.15. The van der Waals surface area contributed by atoms with Gasteiger partial charge < -0.3 is 14.8 Å². The minimum absolute atomic E-state index is 0.120. The van der Waals surface area contributed by atoms with E-state index >= 15 is 0 Å². The van der Waals surface area contributed by atoms with Crippen LogP contribution in [-0.2, 0) is 21.5 Å². The van der Waals surface area contributed by atoms with E-state index in [9.17, 15) is 31.0 Å². The van der Waals surface area contributed by atoms with Crippen molar-refractivity contribution in [2.75, 3.05) is 36.2 Å². The number of halogens is 5. The summed E-state index contributed by atoms with van der Waals surface area (Å²) in [6.07, 6.45) is -5.85. The highest BCUT2D eigenvalue weighted by molar-refractivity contribution is 7.85. The van der Waals surface area contributed by atoms with Gasteiger partial charge in [-0.3, -0.25) is 9.53 Å². The van der Waals surface area contributed by atoms with E-state index in [1.165, 1.54) is 18.2 Å². The Labute approximate surface area is 186 Å². The van der Waals surface area contributed by atoms with Crippen LogP contribution in [0.1, 0.15) is 18.9 Å². The van der Waals surface area contributed by atoms with Crippen molar-refractivity contribution in [2.45, 2.75) is 30.8 Å². The van der Waals surface area contributed by atoms with Crippen molar-refractivity contribution in [2.24, 2.45) is 0 Å². The smallest absolute Gasteiger partial charge is 0.460 e. The van der Waals surface area contributed by atoms with Crippen molar-refractivity contribution < 1.29 is 40.4 Å². The second kappa shape index (κ2) is 11.0. The van der Waals surface area contributed by atoms with Gasteiger partial charge in [0.1, 0.15) is 12.4 Å². The van der Waals surface area contributed by atoms with Crippen molar-refractivity contribution in [3.8, 4) is 5.75 Å². The van der Waals surface area contributed by atoms with Gasteiger partial charge in [-0.05, 0) is 25.1 Å². The minimum Gasteiger partial charge on any atom is -0.491 e. The van der Waals surface area contributed by atoms with E-state index in [0.29, 0.717) is 19.0 Å². The van der Waals surface area contributed by atoms with Crippen molar-refractivity contribution in [3.05, 3.63) is 23.2 Å². The van der Waals surface area contributed by atoms with E-state index in [2.05, 4.69) is 15.5 Å². The molecule has 2 N–H and O–H groups in total. The Hall–Kier alpha value is -2.39. The van der Waals surface area contributed by atoms with Crippen LogP contribution in [0.4, 0.5) is 37.6 Å². The molecule has 0 saturated heterocycles. The van der Waals surface area contributed by atoms with E-state index in [1.807, 2.05) is 12.2 Å². The van der Waals surface area contributed by atoms with Gasteiger partial charge in [-0.15, -0.1) is 10.2 Å². The predicted octanol–water partition coefficient (Wildman–Crippen LogP) is 4.38. The van der Waals surface area contributed by atoms with Gasteiger partial charge in [-0.25, -0.2) is 4.79 Å². The van der Waals surface area contributed by atoms with Crippen LogP contribution < -0.4 is 15.4 Å². The molecule has 0 spiro atoms. The number of anilines is 2.